The Hall–Kier alpha value is -4.35. The Bertz CT molecular complexity index is 1210. The van der Waals surface area contributed by atoms with Crippen molar-refractivity contribution in [3.63, 3.8) is 0 Å². The molecule has 0 unspecified atom stereocenters. The molecule has 0 fully saturated rings. The van der Waals surface area contributed by atoms with Crippen LogP contribution in [0.1, 0.15) is 27.8 Å². The predicted octanol–water partition coefficient (Wildman–Crippen LogP) is 5.30. The third-order valence-electron chi connectivity index (χ3n) is 4.72. The molecule has 0 aliphatic rings. The van der Waals surface area contributed by atoms with E-state index in [2.05, 4.69) is 11.4 Å². The molecule has 0 heterocycles. The normalized spacial score (nSPS) is 10.6. The number of aryl methyl sites for hydroxylation is 2. The van der Waals surface area contributed by atoms with Crippen LogP contribution in [0.3, 0.4) is 0 Å². The third-order valence-corrected chi connectivity index (χ3v) is 4.72. The first-order valence-corrected chi connectivity index (χ1v) is 9.71. The second-order valence-electron chi connectivity index (χ2n) is 7.06. The lowest BCUT2D eigenvalue weighted by molar-refractivity contribution is -0.112. The minimum Gasteiger partial charge on any atom is -0.489 e. The molecule has 3 aromatic carbocycles. The molecular weight excluding hydrogens is 386 g/mol. The van der Waals surface area contributed by atoms with Crippen LogP contribution in [0.5, 0.6) is 5.75 Å². The van der Waals surface area contributed by atoms with Crippen LogP contribution in [0.25, 0.3) is 6.08 Å². The van der Waals surface area contributed by atoms with Gasteiger partial charge >= 0.3 is 0 Å². The molecule has 0 spiro atoms. The fourth-order valence-corrected chi connectivity index (χ4v) is 3.10. The first kappa shape index (κ1) is 21.4. The zero-order chi connectivity index (χ0) is 22.2. The Morgan fingerprint density at radius 2 is 1.71 bits per heavy atom. The zero-order valence-electron chi connectivity index (χ0n) is 17.3. The zero-order valence-corrected chi connectivity index (χ0v) is 17.3. The number of amides is 1. The van der Waals surface area contributed by atoms with Crippen molar-refractivity contribution in [1.29, 1.82) is 10.5 Å². The van der Waals surface area contributed by atoms with Gasteiger partial charge in [0.1, 0.15) is 24.0 Å². The van der Waals surface area contributed by atoms with E-state index in [1.165, 1.54) is 6.08 Å². The van der Waals surface area contributed by atoms with Crippen LogP contribution in [-0.4, -0.2) is 5.91 Å². The Morgan fingerprint density at radius 1 is 1.00 bits per heavy atom. The third kappa shape index (κ3) is 5.59. The van der Waals surface area contributed by atoms with Gasteiger partial charge in [0.05, 0.1) is 11.6 Å². The molecule has 1 amide bonds. The summed E-state index contributed by atoms with van der Waals surface area (Å²) < 4.78 is 5.81. The number of carbonyl (C=O) groups excluding carboxylic acids is 1. The van der Waals surface area contributed by atoms with Gasteiger partial charge in [-0.05, 0) is 66.4 Å². The van der Waals surface area contributed by atoms with Gasteiger partial charge in [-0.2, -0.15) is 10.5 Å². The van der Waals surface area contributed by atoms with E-state index >= 15 is 0 Å². The van der Waals surface area contributed by atoms with Crippen molar-refractivity contribution >= 4 is 17.7 Å². The topological polar surface area (TPSA) is 85.9 Å². The number of ether oxygens (including phenoxy) is 1. The molecule has 0 aliphatic carbocycles. The SMILES string of the molecule is Cc1cccc(C)c1NC(=O)/C(C#N)=C/c1cccc(OCc2cccc(C#N)c2)c1. The predicted molar refractivity (Wildman–Crippen MR) is 120 cm³/mol. The van der Waals surface area contributed by atoms with Crippen LogP contribution in [0, 0.1) is 36.5 Å². The number of anilines is 1. The number of para-hydroxylation sites is 1. The number of benzene rings is 3. The number of nitrogens with zero attached hydrogens (tertiary/aromatic N) is 2. The summed E-state index contributed by atoms with van der Waals surface area (Å²) in [4.78, 5) is 12.6. The molecule has 5 nitrogen and oxygen atoms in total. The van der Waals surface area contributed by atoms with E-state index < -0.39 is 5.91 Å². The van der Waals surface area contributed by atoms with E-state index in [4.69, 9.17) is 10.00 Å². The quantitative estimate of drug-likeness (QED) is 0.444. The van der Waals surface area contributed by atoms with Crippen molar-refractivity contribution in [3.8, 4) is 17.9 Å². The second-order valence-corrected chi connectivity index (χ2v) is 7.06. The standard InChI is InChI=1S/C26H21N3O2/c1-18-6-3-7-19(2)25(18)29-26(30)23(16-28)13-20-8-5-11-24(14-20)31-17-22-10-4-9-21(12-22)15-27/h3-14H,17H2,1-2H3,(H,29,30)/b23-13+. The molecule has 0 atom stereocenters. The van der Waals surface area contributed by atoms with Crippen LogP contribution >= 0.6 is 0 Å². The van der Waals surface area contributed by atoms with Gasteiger partial charge in [-0.3, -0.25) is 4.79 Å². The number of nitriles is 2. The van der Waals surface area contributed by atoms with Gasteiger partial charge in [0.15, 0.2) is 0 Å². The van der Waals surface area contributed by atoms with E-state index in [1.807, 2.05) is 50.2 Å². The summed E-state index contributed by atoms with van der Waals surface area (Å²) in [5.41, 5.74) is 4.71. The fraction of sp³-hybridized carbons (Fsp3) is 0.115. The average Bonchev–Trinajstić information content (AvgIpc) is 2.79. The molecule has 0 radical (unpaired) electrons. The van der Waals surface area contributed by atoms with E-state index in [-0.39, 0.29) is 5.57 Å². The maximum Gasteiger partial charge on any atom is 0.266 e. The summed E-state index contributed by atoms with van der Waals surface area (Å²) in [5, 5.41) is 21.3. The number of hydrogen-bond acceptors (Lipinski definition) is 4. The first-order valence-electron chi connectivity index (χ1n) is 9.71. The van der Waals surface area contributed by atoms with Crippen LogP contribution in [0.4, 0.5) is 5.69 Å². The van der Waals surface area contributed by atoms with Crippen molar-refractivity contribution < 1.29 is 9.53 Å². The number of hydrogen-bond donors (Lipinski definition) is 1. The smallest absolute Gasteiger partial charge is 0.266 e. The highest BCUT2D eigenvalue weighted by Gasteiger charge is 2.12. The molecule has 0 aromatic heterocycles. The summed E-state index contributed by atoms with van der Waals surface area (Å²) in [6, 6.07) is 24.2. The monoisotopic (exact) mass is 407 g/mol. The highest BCUT2D eigenvalue weighted by molar-refractivity contribution is 6.10. The lowest BCUT2D eigenvalue weighted by Crippen LogP contribution is -2.15. The molecule has 152 valence electrons. The van der Waals surface area contributed by atoms with E-state index in [0.717, 1.165) is 16.7 Å². The minimum absolute atomic E-state index is 0.00141. The van der Waals surface area contributed by atoms with Gasteiger partial charge < -0.3 is 10.1 Å². The van der Waals surface area contributed by atoms with Gasteiger partial charge in [-0.1, -0.05) is 42.5 Å². The molecule has 0 bridgehead atoms. The number of nitrogens with one attached hydrogen (secondary N) is 1. The number of carbonyl (C=O) groups is 1. The van der Waals surface area contributed by atoms with Crippen molar-refractivity contribution in [2.45, 2.75) is 20.5 Å². The first-order chi connectivity index (χ1) is 15.0. The molecule has 5 heteroatoms. The highest BCUT2D eigenvalue weighted by Crippen LogP contribution is 2.21. The summed E-state index contributed by atoms with van der Waals surface area (Å²) in [5.74, 6) is 0.142. The molecule has 1 N–H and O–H groups in total. The van der Waals surface area contributed by atoms with E-state index in [0.29, 0.717) is 29.2 Å². The van der Waals surface area contributed by atoms with Gasteiger partial charge in [0.2, 0.25) is 0 Å². The van der Waals surface area contributed by atoms with Crippen molar-refractivity contribution in [1.82, 2.24) is 0 Å². The molecular formula is C26H21N3O2. The Morgan fingerprint density at radius 3 is 2.42 bits per heavy atom. The van der Waals surface area contributed by atoms with Gasteiger partial charge in [0, 0.05) is 5.69 Å². The highest BCUT2D eigenvalue weighted by atomic mass is 16.5. The van der Waals surface area contributed by atoms with Crippen LogP contribution < -0.4 is 10.1 Å². The van der Waals surface area contributed by atoms with Crippen molar-refractivity contribution in [2.75, 3.05) is 5.32 Å². The largest absolute Gasteiger partial charge is 0.489 e. The molecule has 0 saturated carbocycles. The van der Waals surface area contributed by atoms with Crippen LogP contribution in [0.15, 0.2) is 72.3 Å². The number of rotatable bonds is 6. The second kappa shape index (κ2) is 9.91. The van der Waals surface area contributed by atoms with Gasteiger partial charge in [-0.25, -0.2) is 0 Å². The summed E-state index contributed by atoms with van der Waals surface area (Å²) in [6.45, 7) is 4.12. The Kier molecular flexibility index (Phi) is 6.83. The van der Waals surface area contributed by atoms with Crippen molar-refractivity contribution in [3.05, 3.63) is 100 Å². The Balaban J connectivity index is 1.74. The minimum atomic E-state index is -0.459. The maximum absolute atomic E-state index is 12.6. The molecule has 0 aliphatic heterocycles. The fourth-order valence-electron chi connectivity index (χ4n) is 3.10. The summed E-state index contributed by atoms with van der Waals surface area (Å²) >= 11 is 0. The van der Waals surface area contributed by atoms with E-state index in [9.17, 15) is 10.1 Å². The summed E-state index contributed by atoms with van der Waals surface area (Å²) in [7, 11) is 0. The lowest BCUT2D eigenvalue weighted by Gasteiger charge is -2.11. The lowest BCUT2D eigenvalue weighted by atomic mass is 10.1. The van der Waals surface area contributed by atoms with Crippen LogP contribution in [-0.2, 0) is 11.4 Å². The maximum atomic E-state index is 12.6. The average molecular weight is 407 g/mol. The molecule has 3 rings (SSSR count). The van der Waals surface area contributed by atoms with E-state index in [1.54, 1.807) is 36.4 Å². The molecule has 3 aromatic rings. The molecule has 31 heavy (non-hydrogen) atoms. The molecule has 0 saturated heterocycles. The Labute approximate surface area is 181 Å². The van der Waals surface area contributed by atoms with Gasteiger partial charge in [0.25, 0.3) is 5.91 Å². The van der Waals surface area contributed by atoms with Gasteiger partial charge in [-0.15, -0.1) is 0 Å². The summed E-state index contributed by atoms with van der Waals surface area (Å²) in [6.07, 6.45) is 1.53. The van der Waals surface area contributed by atoms with Crippen LogP contribution in [0.2, 0.25) is 0 Å². The van der Waals surface area contributed by atoms with Crippen molar-refractivity contribution in [2.24, 2.45) is 0 Å².